The first kappa shape index (κ1) is 18.0. The van der Waals surface area contributed by atoms with Gasteiger partial charge in [-0.15, -0.1) is 0 Å². The number of benzene rings is 2. The Morgan fingerprint density at radius 3 is 2.60 bits per heavy atom. The zero-order chi connectivity index (χ0) is 17.8. The second-order valence-corrected chi connectivity index (χ2v) is 6.87. The minimum absolute atomic E-state index is 0.202. The average Bonchev–Trinajstić information content (AvgIpc) is 3.12. The van der Waals surface area contributed by atoms with Crippen molar-refractivity contribution in [3.63, 3.8) is 0 Å². The van der Waals surface area contributed by atoms with E-state index in [1.54, 1.807) is 18.2 Å². The van der Waals surface area contributed by atoms with Gasteiger partial charge in [-0.25, -0.2) is 4.39 Å². The highest BCUT2D eigenvalue weighted by Crippen LogP contribution is 2.31. The molecular formula is C19H19Cl2FN2O. The quantitative estimate of drug-likeness (QED) is 0.762. The number of nitrogens with one attached hydrogen (secondary N) is 1. The van der Waals surface area contributed by atoms with Crippen molar-refractivity contribution in [3.8, 4) is 0 Å². The van der Waals surface area contributed by atoms with Gasteiger partial charge in [-0.3, -0.25) is 4.79 Å². The molecule has 132 valence electrons. The molecule has 25 heavy (non-hydrogen) atoms. The van der Waals surface area contributed by atoms with Gasteiger partial charge in [0.2, 0.25) is 5.91 Å². The summed E-state index contributed by atoms with van der Waals surface area (Å²) < 4.78 is 14.3. The van der Waals surface area contributed by atoms with Gasteiger partial charge in [0, 0.05) is 19.5 Å². The first-order valence-electron chi connectivity index (χ1n) is 8.32. The Hall–Kier alpha value is -1.78. The number of carbonyl (C=O) groups is 1. The van der Waals surface area contributed by atoms with E-state index >= 15 is 0 Å². The van der Waals surface area contributed by atoms with Crippen molar-refractivity contribution in [2.24, 2.45) is 0 Å². The van der Waals surface area contributed by atoms with Crippen molar-refractivity contribution < 1.29 is 9.18 Å². The van der Waals surface area contributed by atoms with Gasteiger partial charge in [0.15, 0.2) is 0 Å². The highest BCUT2D eigenvalue weighted by molar-refractivity contribution is 6.42. The summed E-state index contributed by atoms with van der Waals surface area (Å²) in [5, 5.41) is 3.65. The van der Waals surface area contributed by atoms with E-state index < -0.39 is 5.82 Å². The third-order valence-corrected chi connectivity index (χ3v) is 5.21. The highest BCUT2D eigenvalue weighted by atomic mass is 35.5. The van der Waals surface area contributed by atoms with Crippen molar-refractivity contribution in [2.45, 2.75) is 25.7 Å². The van der Waals surface area contributed by atoms with Crippen LogP contribution in [0.3, 0.4) is 0 Å². The Labute approximate surface area is 156 Å². The van der Waals surface area contributed by atoms with E-state index in [1.807, 2.05) is 12.1 Å². The number of amides is 1. The monoisotopic (exact) mass is 380 g/mol. The second-order valence-electron chi connectivity index (χ2n) is 6.09. The van der Waals surface area contributed by atoms with Gasteiger partial charge in [0.25, 0.3) is 0 Å². The van der Waals surface area contributed by atoms with E-state index in [0.717, 1.165) is 37.2 Å². The average molecular weight is 381 g/mol. The van der Waals surface area contributed by atoms with E-state index in [9.17, 15) is 9.18 Å². The summed E-state index contributed by atoms with van der Waals surface area (Å²) in [5.41, 5.74) is 1.80. The van der Waals surface area contributed by atoms with Gasteiger partial charge in [-0.05, 0) is 43.0 Å². The molecule has 0 unspecified atom stereocenters. The molecule has 1 N–H and O–H groups in total. The molecule has 1 fully saturated rings. The topological polar surface area (TPSA) is 32.3 Å². The Balaban J connectivity index is 1.69. The molecule has 3 nitrogen and oxygen atoms in total. The summed E-state index contributed by atoms with van der Waals surface area (Å²) in [6.07, 6.45) is 2.81. The van der Waals surface area contributed by atoms with Crippen LogP contribution < -0.4 is 10.2 Å². The Morgan fingerprint density at radius 2 is 1.84 bits per heavy atom. The summed E-state index contributed by atoms with van der Waals surface area (Å²) in [7, 11) is 0. The molecule has 0 aromatic heterocycles. The largest absolute Gasteiger partial charge is 0.370 e. The summed E-state index contributed by atoms with van der Waals surface area (Å²) in [5.74, 6) is -0.667. The van der Waals surface area contributed by atoms with E-state index in [1.165, 1.54) is 6.07 Å². The third kappa shape index (κ3) is 4.25. The fourth-order valence-electron chi connectivity index (χ4n) is 3.05. The molecule has 1 heterocycles. The zero-order valence-corrected chi connectivity index (χ0v) is 15.2. The van der Waals surface area contributed by atoms with Gasteiger partial charge in [0.05, 0.1) is 15.7 Å². The van der Waals surface area contributed by atoms with Gasteiger partial charge in [0.1, 0.15) is 11.5 Å². The molecule has 0 radical (unpaired) electrons. The Bertz CT molecular complexity index is 776. The predicted molar refractivity (Wildman–Crippen MR) is 101 cm³/mol. The normalized spacial score (nSPS) is 14.0. The van der Waals surface area contributed by atoms with Crippen molar-refractivity contribution in [2.75, 3.05) is 23.3 Å². The van der Waals surface area contributed by atoms with E-state index in [2.05, 4.69) is 10.2 Å². The van der Waals surface area contributed by atoms with Crippen LogP contribution in [-0.2, 0) is 11.2 Å². The first-order valence-corrected chi connectivity index (χ1v) is 9.08. The molecule has 0 bridgehead atoms. The zero-order valence-electron chi connectivity index (χ0n) is 13.7. The maximum Gasteiger partial charge on any atom is 0.224 e. The molecule has 0 atom stereocenters. The van der Waals surface area contributed by atoms with Crippen molar-refractivity contribution in [1.82, 2.24) is 0 Å². The predicted octanol–water partition coefficient (Wildman–Crippen LogP) is 5.30. The lowest BCUT2D eigenvalue weighted by Gasteiger charge is -2.22. The maximum atomic E-state index is 14.3. The summed E-state index contributed by atoms with van der Waals surface area (Å²) >= 11 is 12.1. The number of aryl methyl sites for hydroxylation is 1. The van der Waals surface area contributed by atoms with Gasteiger partial charge < -0.3 is 10.2 Å². The molecule has 2 aromatic rings. The molecule has 1 saturated heterocycles. The van der Waals surface area contributed by atoms with Crippen LogP contribution in [0.4, 0.5) is 15.8 Å². The molecule has 0 spiro atoms. The van der Waals surface area contributed by atoms with Crippen LogP contribution in [-0.4, -0.2) is 19.0 Å². The molecule has 0 aliphatic carbocycles. The van der Waals surface area contributed by atoms with E-state index in [-0.39, 0.29) is 18.0 Å². The SMILES string of the molecule is O=C(CCc1cccc(Cl)c1Cl)Nc1c(F)cccc1N1CCCC1. The second kappa shape index (κ2) is 8.07. The molecular weight excluding hydrogens is 362 g/mol. The lowest BCUT2D eigenvalue weighted by atomic mass is 10.1. The Morgan fingerprint density at radius 1 is 1.12 bits per heavy atom. The third-order valence-electron chi connectivity index (χ3n) is 4.36. The number of para-hydroxylation sites is 1. The first-order chi connectivity index (χ1) is 12.1. The van der Waals surface area contributed by atoms with Crippen molar-refractivity contribution >= 4 is 40.5 Å². The molecule has 1 aliphatic rings. The molecule has 1 aliphatic heterocycles. The number of hydrogen-bond acceptors (Lipinski definition) is 2. The summed E-state index contributed by atoms with van der Waals surface area (Å²) in [4.78, 5) is 14.4. The molecule has 6 heteroatoms. The summed E-state index contributed by atoms with van der Waals surface area (Å²) in [6.45, 7) is 1.76. The van der Waals surface area contributed by atoms with E-state index in [4.69, 9.17) is 23.2 Å². The van der Waals surface area contributed by atoms with Gasteiger partial charge >= 0.3 is 0 Å². The van der Waals surface area contributed by atoms with E-state index in [0.29, 0.717) is 16.5 Å². The minimum atomic E-state index is -0.418. The van der Waals surface area contributed by atoms with Crippen LogP contribution in [0.5, 0.6) is 0 Å². The lowest BCUT2D eigenvalue weighted by Crippen LogP contribution is -2.22. The number of carbonyl (C=O) groups excluding carboxylic acids is 1. The fourth-order valence-corrected chi connectivity index (χ4v) is 3.46. The number of halogens is 3. The summed E-state index contributed by atoms with van der Waals surface area (Å²) in [6, 6.07) is 10.2. The van der Waals surface area contributed by atoms with Crippen LogP contribution in [0, 0.1) is 5.82 Å². The van der Waals surface area contributed by atoms with Crippen molar-refractivity contribution in [1.29, 1.82) is 0 Å². The molecule has 2 aromatic carbocycles. The fraction of sp³-hybridized carbons (Fsp3) is 0.316. The van der Waals surface area contributed by atoms with Crippen LogP contribution in [0.25, 0.3) is 0 Å². The number of anilines is 2. The standard InChI is InChI=1S/C19H19Cl2FN2O/c20-14-6-3-5-13(18(14)21)9-10-17(25)23-19-15(22)7-4-8-16(19)24-11-1-2-12-24/h3-8H,1-2,9-12H2,(H,23,25). The minimum Gasteiger partial charge on any atom is -0.370 e. The van der Waals surface area contributed by atoms with Gasteiger partial charge in [-0.2, -0.15) is 0 Å². The van der Waals surface area contributed by atoms with Crippen LogP contribution >= 0.6 is 23.2 Å². The lowest BCUT2D eigenvalue weighted by molar-refractivity contribution is -0.116. The number of rotatable bonds is 5. The number of nitrogens with zero attached hydrogens (tertiary/aromatic N) is 1. The Kier molecular flexibility index (Phi) is 5.82. The highest BCUT2D eigenvalue weighted by Gasteiger charge is 2.19. The smallest absolute Gasteiger partial charge is 0.224 e. The maximum absolute atomic E-state index is 14.3. The van der Waals surface area contributed by atoms with Gasteiger partial charge in [-0.1, -0.05) is 41.4 Å². The van der Waals surface area contributed by atoms with Crippen molar-refractivity contribution in [3.05, 3.63) is 57.8 Å². The van der Waals surface area contributed by atoms with Crippen LogP contribution in [0.2, 0.25) is 10.0 Å². The number of hydrogen-bond donors (Lipinski definition) is 1. The molecule has 0 saturated carbocycles. The van der Waals surface area contributed by atoms with Crippen LogP contribution in [0.15, 0.2) is 36.4 Å². The van der Waals surface area contributed by atoms with Crippen LogP contribution in [0.1, 0.15) is 24.8 Å². The molecule has 3 rings (SSSR count). The molecule has 1 amide bonds.